The Morgan fingerprint density at radius 3 is 1.13 bits per heavy atom. The minimum absolute atomic E-state index is 0.0486. The summed E-state index contributed by atoms with van der Waals surface area (Å²) in [6, 6.07) is 0. The molecule has 25 heteroatoms. The molecule has 3 N–H and O–H groups in total. The summed E-state index contributed by atoms with van der Waals surface area (Å²) >= 11 is 0. The Morgan fingerprint density at radius 1 is 0.500 bits per heavy atom. The second-order valence-corrected chi connectivity index (χ2v) is 13.4. The van der Waals surface area contributed by atoms with E-state index in [1.165, 1.54) is 6.08 Å². The van der Waals surface area contributed by atoms with Gasteiger partial charge in [0.15, 0.2) is 5.60 Å². The van der Waals surface area contributed by atoms with Gasteiger partial charge in [-0.1, -0.05) is 12.2 Å². The van der Waals surface area contributed by atoms with E-state index in [-0.39, 0.29) is 13.3 Å². The molecule has 2 bridgehead atoms. The van der Waals surface area contributed by atoms with Crippen LogP contribution in [-0.4, -0.2) is 87.1 Å². The van der Waals surface area contributed by atoms with E-state index < -0.39 is 140 Å². The number of hydrogen-bond donors (Lipinski definition) is 3. The van der Waals surface area contributed by atoms with E-state index in [0.29, 0.717) is 0 Å². The molecule has 2 aliphatic carbocycles. The monoisotopic (exact) mass is 816 g/mol. The van der Waals surface area contributed by atoms with Gasteiger partial charge in [0.05, 0.1) is 6.10 Å². The van der Waals surface area contributed by atoms with Crippen molar-refractivity contribution < 1.29 is 112 Å². The zero-order valence-corrected chi connectivity index (χ0v) is 25.9. The van der Waals surface area contributed by atoms with Crippen LogP contribution in [0.5, 0.6) is 0 Å². The third-order valence-corrected chi connectivity index (χ3v) is 9.39. The Balaban J connectivity index is 2.77. The summed E-state index contributed by atoms with van der Waals surface area (Å²) in [5.74, 6) is -8.53. The van der Waals surface area contributed by atoms with Crippen molar-refractivity contribution in [3.63, 3.8) is 0 Å². The van der Waals surface area contributed by atoms with Crippen LogP contribution >= 0.6 is 0 Å². The fourth-order valence-electron chi connectivity index (χ4n) is 6.43. The lowest BCUT2D eigenvalue weighted by Gasteiger charge is -2.43. The van der Waals surface area contributed by atoms with Gasteiger partial charge in [0.2, 0.25) is 0 Å². The van der Waals surface area contributed by atoms with Gasteiger partial charge in [-0.05, 0) is 76.0 Å². The summed E-state index contributed by atoms with van der Waals surface area (Å²) < 4.78 is 293. The van der Waals surface area contributed by atoms with Gasteiger partial charge in [-0.3, -0.25) is 0 Å². The van der Waals surface area contributed by atoms with Crippen LogP contribution in [-0.2, 0) is 4.74 Å². The molecule has 4 nitrogen and oxygen atoms in total. The Labute approximate surface area is 278 Å². The SMILES string of the molecule is CC(O)(CC(CCC(CC(O)(C(F)(F)F)C(F)(F)F)CC(O)(C(F)(F)F)C(F)(F)F)CC(OC1CC2C=CC1C2)(C(F)(F)F)C(F)(F)F)C(F)(F)F. The second kappa shape index (κ2) is 14.0. The molecule has 52 heavy (non-hydrogen) atoms. The first-order valence-corrected chi connectivity index (χ1v) is 14.7. The van der Waals surface area contributed by atoms with E-state index in [0.717, 1.165) is 6.08 Å². The average molecular weight is 816 g/mol. The molecule has 1 saturated carbocycles. The molecule has 0 aromatic rings. The molecule has 0 amide bonds. The Morgan fingerprint density at radius 2 is 0.865 bits per heavy atom. The van der Waals surface area contributed by atoms with Crippen LogP contribution in [0, 0.1) is 23.7 Å². The van der Waals surface area contributed by atoms with Gasteiger partial charge in [-0.15, -0.1) is 0 Å². The summed E-state index contributed by atoms with van der Waals surface area (Å²) in [4.78, 5) is 0. The predicted molar refractivity (Wildman–Crippen MR) is 131 cm³/mol. The summed E-state index contributed by atoms with van der Waals surface area (Å²) in [6.45, 7) is -0.250. The maximum absolute atomic E-state index is 14.4. The second-order valence-electron chi connectivity index (χ2n) is 13.4. The molecular weight excluding hydrogens is 787 g/mol. The highest BCUT2D eigenvalue weighted by Crippen LogP contribution is 2.56. The van der Waals surface area contributed by atoms with Crippen LogP contribution in [0.15, 0.2) is 12.2 Å². The highest BCUT2D eigenvalue weighted by Gasteiger charge is 2.75. The van der Waals surface area contributed by atoms with Gasteiger partial charge in [0, 0.05) is 5.92 Å². The van der Waals surface area contributed by atoms with Crippen LogP contribution in [0.2, 0.25) is 0 Å². The number of ether oxygens (including phenoxy) is 1. The smallest absolute Gasteiger partial charge is 0.381 e. The van der Waals surface area contributed by atoms with Crippen LogP contribution < -0.4 is 0 Å². The third kappa shape index (κ3) is 9.14. The molecule has 0 heterocycles. The first kappa shape index (κ1) is 46.3. The summed E-state index contributed by atoms with van der Waals surface area (Å²) in [6.07, 6.45) is -63.3. The molecule has 0 radical (unpaired) electrons. The van der Waals surface area contributed by atoms with Crippen LogP contribution in [0.25, 0.3) is 0 Å². The van der Waals surface area contributed by atoms with Crippen molar-refractivity contribution in [2.45, 2.75) is 130 Å². The van der Waals surface area contributed by atoms with Gasteiger partial charge in [-0.25, -0.2) is 0 Å². The van der Waals surface area contributed by atoms with E-state index in [1.807, 2.05) is 0 Å². The topological polar surface area (TPSA) is 69.9 Å². The molecule has 0 spiro atoms. The van der Waals surface area contributed by atoms with E-state index in [2.05, 4.69) is 4.74 Å². The fourth-order valence-corrected chi connectivity index (χ4v) is 6.43. The first-order valence-electron chi connectivity index (χ1n) is 14.7. The zero-order valence-electron chi connectivity index (χ0n) is 25.9. The Kier molecular flexibility index (Phi) is 12.5. The first-order chi connectivity index (χ1) is 22.7. The quantitative estimate of drug-likeness (QED) is 0.128. The van der Waals surface area contributed by atoms with Gasteiger partial charge in [0.1, 0.15) is 0 Å². The molecule has 5 atom stereocenters. The van der Waals surface area contributed by atoms with Crippen LogP contribution in [0.3, 0.4) is 0 Å². The Hall–Kier alpha value is -1.89. The lowest BCUT2D eigenvalue weighted by Crippen LogP contribution is -2.62. The van der Waals surface area contributed by atoms with Crippen LogP contribution in [0.4, 0.5) is 92.2 Å². The summed E-state index contributed by atoms with van der Waals surface area (Å²) in [5.41, 5.74) is -22.4. The minimum atomic E-state index is -7.00. The largest absolute Gasteiger partial charge is 0.426 e. The van der Waals surface area contributed by atoms with E-state index in [9.17, 15) is 108 Å². The van der Waals surface area contributed by atoms with Crippen molar-refractivity contribution in [1.82, 2.24) is 0 Å². The molecular formula is C27H29F21O4. The molecule has 2 aliphatic rings. The Bertz CT molecular complexity index is 1150. The normalized spacial score (nSPS) is 23.5. The van der Waals surface area contributed by atoms with Crippen molar-refractivity contribution in [3.8, 4) is 0 Å². The molecule has 5 unspecified atom stereocenters. The molecule has 0 aromatic heterocycles. The number of hydrogen-bond acceptors (Lipinski definition) is 4. The molecule has 0 aliphatic heterocycles. The van der Waals surface area contributed by atoms with Crippen molar-refractivity contribution in [3.05, 3.63) is 12.2 Å². The van der Waals surface area contributed by atoms with Crippen molar-refractivity contribution in [2.24, 2.45) is 23.7 Å². The number of fused-ring (bicyclic) bond motifs is 2. The predicted octanol–water partition coefficient (Wildman–Crippen LogP) is 9.43. The maximum atomic E-state index is 14.4. The number of allylic oxidation sites excluding steroid dienone is 1. The van der Waals surface area contributed by atoms with Gasteiger partial charge in [-0.2, -0.15) is 92.2 Å². The van der Waals surface area contributed by atoms with E-state index in [1.54, 1.807) is 0 Å². The lowest BCUT2D eigenvalue weighted by molar-refractivity contribution is -0.397. The number of halogens is 21. The number of aliphatic hydroxyl groups is 3. The van der Waals surface area contributed by atoms with Crippen molar-refractivity contribution in [1.29, 1.82) is 0 Å². The standard InChI is InChI=1S/C27H29F21O4/c1-17(49,21(28,29)30)8-13(11-20(26(43,44)45,27(46,47)48)52-16-7-12-4-5-15(16)6-12)2-3-14(9-18(50,22(31,32)33)23(34,35)36)10-19(51,24(37,38)39)25(40,41)42/h4-5,12-16,49-51H,2-3,6-11H2,1H3. The highest BCUT2D eigenvalue weighted by molar-refractivity contribution is 5.13. The number of rotatable bonds is 13. The summed E-state index contributed by atoms with van der Waals surface area (Å²) in [5, 5.41) is 29.0. The van der Waals surface area contributed by atoms with Gasteiger partial charge in [0.25, 0.3) is 16.8 Å². The highest BCUT2D eigenvalue weighted by atomic mass is 19.4. The van der Waals surface area contributed by atoms with Crippen molar-refractivity contribution >= 4 is 0 Å². The molecule has 0 aromatic carbocycles. The summed E-state index contributed by atoms with van der Waals surface area (Å²) in [7, 11) is 0. The van der Waals surface area contributed by atoms with E-state index >= 15 is 0 Å². The zero-order chi connectivity index (χ0) is 41.2. The lowest BCUT2D eigenvalue weighted by atomic mass is 9.74. The minimum Gasteiger partial charge on any atom is -0.381 e. The van der Waals surface area contributed by atoms with Gasteiger partial charge >= 0.3 is 43.2 Å². The van der Waals surface area contributed by atoms with Gasteiger partial charge < -0.3 is 20.1 Å². The molecule has 308 valence electrons. The van der Waals surface area contributed by atoms with E-state index in [4.69, 9.17) is 0 Å². The molecule has 2 rings (SSSR count). The molecule has 1 fully saturated rings. The number of alkyl halides is 21. The van der Waals surface area contributed by atoms with Crippen molar-refractivity contribution in [2.75, 3.05) is 0 Å². The third-order valence-electron chi connectivity index (χ3n) is 9.39. The maximum Gasteiger partial charge on any atom is 0.426 e. The molecule has 0 saturated heterocycles. The average Bonchev–Trinajstić information content (AvgIpc) is 3.49. The van der Waals surface area contributed by atoms with Crippen LogP contribution in [0.1, 0.15) is 58.3 Å². The fraction of sp³-hybridized carbons (Fsp3) is 0.926.